The van der Waals surface area contributed by atoms with E-state index >= 15 is 0 Å². The average molecular weight is 457 g/mol. The first-order valence-electron chi connectivity index (χ1n) is 10.7. The maximum absolute atomic E-state index is 13.2. The number of amides is 5. The summed E-state index contributed by atoms with van der Waals surface area (Å²) in [4.78, 5) is 50.6. The zero-order valence-corrected chi connectivity index (χ0v) is 19.3. The minimum atomic E-state index is -0.772. The van der Waals surface area contributed by atoms with Gasteiger partial charge < -0.3 is 9.88 Å². The van der Waals surface area contributed by atoms with Crippen LogP contribution in [-0.4, -0.2) is 28.3 Å². The highest BCUT2D eigenvalue weighted by Gasteiger charge is 2.37. The topological polar surface area (TPSA) is 101 Å². The van der Waals surface area contributed by atoms with Crippen LogP contribution in [-0.2, 0) is 14.4 Å². The number of aryl methyl sites for hydroxylation is 2. The second-order valence-electron chi connectivity index (χ2n) is 8.13. The highest BCUT2D eigenvalue weighted by molar-refractivity contribution is 6.39. The molecule has 1 aromatic heterocycles. The average Bonchev–Trinajstić information content (AvgIpc) is 3.05. The number of nitrogens with one attached hydrogen (secondary N) is 2. The molecule has 0 unspecified atom stereocenters. The van der Waals surface area contributed by atoms with Gasteiger partial charge in [0.05, 0.1) is 5.69 Å². The van der Waals surface area contributed by atoms with Crippen molar-refractivity contribution in [3.63, 3.8) is 0 Å². The van der Waals surface area contributed by atoms with Crippen LogP contribution < -0.4 is 15.5 Å². The number of carbonyl (C=O) groups excluding carboxylic acids is 4. The van der Waals surface area contributed by atoms with Gasteiger partial charge in [-0.25, -0.2) is 9.69 Å². The largest absolute Gasteiger partial charge is 0.335 e. The lowest BCUT2D eigenvalue weighted by molar-refractivity contribution is -0.122. The van der Waals surface area contributed by atoms with E-state index < -0.39 is 17.8 Å². The van der Waals surface area contributed by atoms with Crippen LogP contribution in [0, 0.1) is 20.8 Å². The number of para-hydroxylation sites is 1. The van der Waals surface area contributed by atoms with Crippen LogP contribution in [0.5, 0.6) is 0 Å². The number of barbiturate groups is 1. The zero-order chi connectivity index (χ0) is 24.6. The normalized spacial score (nSPS) is 15.0. The number of hydrogen-bond acceptors (Lipinski definition) is 4. The van der Waals surface area contributed by atoms with Crippen molar-refractivity contribution in [2.45, 2.75) is 27.7 Å². The number of rotatable bonds is 4. The minimum absolute atomic E-state index is 0.121. The molecule has 8 nitrogen and oxygen atoms in total. The Balaban J connectivity index is 1.72. The van der Waals surface area contributed by atoms with Crippen molar-refractivity contribution >= 4 is 41.2 Å². The van der Waals surface area contributed by atoms with E-state index in [-0.39, 0.29) is 11.5 Å². The van der Waals surface area contributed by atoms with Crippen LogP contribution in [0.1, 0.15) is 29.4 Å². The molecule has 4 rings (SSSR count). The van der Waals surface area contributed by atoms with Gasteiger partial charge in [0.1, 0.15) is 5.57 Å². The van der Waals surface area contributed by atoms with Gasteiger partial charge >= 0.3 is 6.03 Å². The molecular weight excluding hydrogens is 432 g/mol. The molecule has 0 bridgehead atoms. The van der Waals surface area contributed by atoms with Gasteiger partial charge in [-0.1, -0.05) is 18.2 Å². The summed E-state index contributed by atoms with van der Waals surface area (Å²) in [6.45, 7) is 7.05. The molecular formula is C26H24N4O4. The molecule has 2 heterocycles. The van der Waals surface area contributed by atoms with Gasteiger partial charge in [0, 0.05) is 29.7 Å². The standard InChI is InChI=1S/C26H24N4O4/c1-15-7-5-6-8-23(15)30-25(33)22(24(32)28-26(30)34)14-19-13-16(2)29(17(19)3)21-11-9-20(10-12-21)27-18(4)31/h5-14H,1-4H3,(H,27,31)(H,28,32,34)/b22-14+. The summed E-state index contributed by atoms with van der Waals surface area (Å²) in [5.41, 5.74) is 4.99. The minimum Gasteiger partial charge on any atom is -0.326 e. The molecule has 3 aromatic rings. The Kier molecular flexibility index (Phi) is 5.89. The summed E-state index contributed by atoms with van der Waals surface area (Å²) in [6.07, 6.45) is 1.51. The van der Waals surface area contributed by atoms with Crippen molar-refractivity contribution in [3.8, 4) is 5.69 Å². The van der Waals surface area contributed by atoms with Gasteiger partial charge in [-0.2, -0.15) is 0 Å². The molecule has 172 valence electrons. The third-order valence-electron chi connectivity index (χ3n) is 5.67. The van der Waals surface area contributed by atoms with E-state index in [0.29, 0.717) is 16.9 Å². The quantitative estimate of drug-likeness (QED) is 0.457. The Morgan fingerprint density at radius 1 is 0.971 bits per heavy atom. The highest BCUT2D eigenvalue weighted by atomic mass is 16.2. The van der Waals surface area contributed by atoms with Gasteiger partial charge in [0.25, 0.3) is 11.8 Å². The van der Waals surface area contributed by atoms with Crippen molar-refractivity contribution in [2.75, 3.05) is 10.2 Å². The first-order valence-corrected chi connectivity index (χ1v) is 10.7. The van der Waals surface area contributed by atoms with E-state index in [4.69, 9.17) is 0 Å². The van der Waals surface area contributed by atoms with E-state index in [1.165, 1.54) is 13.0 Å². The second-order valence-corrected chi connectivity index (χ2v) is 8.13. The molecule has 0 saturated carbocycles. The summed E-state index contributed by atoms with van der Waals surface area (Å²) in [5.74, 6) is -1.56. The van der Waals surface area contributed by atoms with Gasteiger partial charge in [-0.15, -0.1) is 0 Å². The van der Waals surface area contributed by atoms with Gasteiger partial charge in [0.2, 0.25) is 5.91 Å². The molecule has 2 N–H and O–H groups in total. The van der Waals surface area contributed by atoms with Gasteiger partial charge in [-0.3, -0.25) is 19.7 Å². The van der Waals surface area contributed by atoms with Crippen molar-refractivity contribution in [1.82, 2.24) is 9.88 Å². The molecule has 1 fully saturated rings. The van der Waals surface area contributed by atoms with Crippen molar-refractivity contribution in [3.05, 3.63) is 82.7 Å². The number of carbonyl (C=O) groups is 4. The number of aromatic nitrogens is 1. The van der Waals surface area contributed by atoms with Gasteiger partial charge in [0.15, 0.2) is 0 Å². The summed E-state index contributed by atoms with van der Waals surface area (Å²) >= 11 is 0. The Hall–Kier alpha value is -4.46. The summed E-state index contributed by atoms with van der Waals surface area (Å²) in [7, 11) is 0. The highest BCUT2D eigenvalue weighted by Crippen LogP contribution is 2.27. The molecule has 34 heavy (non-hydrogen) atoms. The maximum Gasteiger partial charge on any atom is 0.335 e. The van der Waals surface area contributed by atoms with E-state index in [9.17, 15) is 19.2 Å². The maximum atomic E-state index is 13.2. The molecule has 1 saturated heterocycles. The van der Waals surface area contributed by atoms with Crippen molar-refractivity contribution < 1.29 is 19.2 Å². The van der Waals surface area contributed by atoms with Crippen LogP contribution in [0.15, 0.2) is 60.2 Å². The fourth-order valence-electron chi connectivity index (χ4n) is 4.07. The number of benzene rings is 2. The molecule has 0 radical (unpaired) electrons. The SMILES string of the molecule is CC(=O)Nc1ccc(-n2c(C)cc(/C=C3\C(=O)NC(=O)N(c4ccccc4C)C3=O)c2C)cc1. The van der Waals surface area contributed by atoms with Crippen molar-refractivity contribution in [1.29, 1.82) is 0 Å². The van der Waals surface area contributed by atoms with E-state index in [1.54, 1.807) is 37.3 Å². The molecule has 5 amide bonds. The Labute approximate surface area is 196 Å². The summed E-state index contributed by atoms with van der Waals surface area (Å²) in [5, 5.41) is 5.00. The van der Waals surface area contributed by atoms with E-state index in [1.807, 2.05) is 42.7 Å². The molecule has 0 aliphatic carbocycles. The third kappa shape index (κ3) is 4.13. The van der Waals surface area contributed by atoms with Crippen molar-refractivity contribution in [2.24, 2.45) is 0 Å². The molecule has 1 aliphatic rings. The molecule has 0 atom stereocenters. The second kappa shape index (κ2) is 8.82. The first kappa shape index (κ1) is 22.7. The van der Waals surface area contributed by atoms with Crippen LogP contribution in [0.4, 0.5) is 16.2 Å². The predicted octanol–water partition coefficient (Wildman–Crippen LogP) is 4.03. The van der Waals surface area contributed by atoms with Crippen LogP contribution in [0.2, 0.25) is 0 Å². The van der Waals surface area contributed by atoms with Crippen LogP contribution >= 0.6 is 0 Å². The lowest BCUT2D eigenvalue weighted by Gasteiger charge is -2.27. The molecule has 2 aromatic carbocycles. The fourth-order valence-corrected chi connectivity index (χ4v) is 4.07. The first-order chi connectivity index (χ1) is 16.2. The van der Waals surface area contributed by atoms with Gasteiger partial charge in [-0.05, 0) is 74.4 Å². The predicted molar refractivity (Wildman–Crippen MR) is 130 cm³/mol. The zero-order valence-electron chi connectivity index (χ0n) is 19.3. The number of imide groups is 2. The smallest absolute Gasteiger partial charge is 0.326 e. The van der Waals surface area contributed by atoms with Crippen LogP contribution in [0.3, 0.4) is 0 Å². The number of hydrogen-bond donors (Lipinski definition) is 2. The Morgan fingerprint density at radius 2 is 1.65 bits per heavy atom. The lowest BCUT2D eigenvalue weighted by Crippen LogP contribution is -2.54. The number of anilines is 2. The monoisotopic (exact) mass is 456 g/mol. The Bertz CT molecular complexity index is 1370. The summed E-state index contributed by atoms with van der Waals surface area (Å²) in [6, 6.07) is 15.5. The number of urea groups is 1. The molecule has 8 heteroatoms. The fraction of sp³-hybridized carbons (Fsp3) is 0.154. The van der Waals surface area contributed by atoms with E-state index in [2.05, 4.69) is 10.6 Å². The van der Waals surface area contributed by atoms with Crippen LogP contribution in [0.25, 0.3) is 11.8 Å². The molecule has 0 spiro atoms. The van der Waals surface area contributed by atoms with E-state index in [0.717, 1.165) is 27.5 Å². The Morgan fingerprint density at radius 3 is 2.29 bits per heavy atom. The number of nitrogens with zero attached hydrogens (tertiary/aromatic N) is 2. The third-order valence-corrected chi connectivity index (χ3v) is 5.67. The summed E-state index contributed by atoms with van der Waals surface area (Å²) < 4.78 is 1.99. The lowest BCUT2D eigenvalue weighted by atomic mass is 10.1. The molecule has 1 aliphatic heterocycles.